The molecule has 0 bridgehead atoms. The van der Waals surface area contributed by atoms with Crippen LogP contribution in [0.4, 0.5) is 0 Å². The second kappa shape index (κ2) is 6.35. The Labute approximate surface area is 119 Å². The molecule has 0 aliphatic rings. The number of benzene rings is 2. The number of hydrogen-bond donors (Lipinski definition) is 0. The molecular formula is C18H23P. The first-order valence-corrected chi connectivity index (χ1v) is 8.04. The number of hydrogen-bond acceptors (Lipinski definition) is 0. The highest BCUT2D eigenvalue weighted by Crippen LogP contribution is 2.28. The van der Waals surface area contributed by atoms with Crippen molar-refractivity contribution < 1.29 is 0 Å². The Morgan fingerprint density at radius 1 is 0.895 bits per heavy atom. The SMILES string of the molecule is CCCC(C)(C)c1cccc(Pc2ccccc2)c1. The molecule has 0 aromatic heterocycles. The highest BCUT2D eigenvalue weighted by molar-refractivity contribution is 7.55. The van der Waals surface area contributed by atoms with Crippen LogP contribution in [-0.2, 0) is 5.41 Å². The van der Waals surface area contributed by atoms with E-state index in [0.717, 1.165) is 8.58 Å². The topological polar surface area (TPSA) is 0 Å². The molecule has 2 aromatic rings. The molecule has 0 nitrogen and oxygen atoms in total. The van der Waals surface area contributed by atoms with E-state index in [2.05, 4.69) is 75.4 Å². The Bertz CT molecular complexity index is 514. The highest BCUT2D eigenvalue weighted by atomic mass is 31.1. The Balaban J connectivity index is 2.20. The zero-order valence-electron chi connectivity index (χ0n) is 12.1. The van der Waals surface area contributed by atoms with Crippen molar-refractivity contribution >= 4 is 19.2 Å². The first-order valence-electron chi connectivity index (χ1n) is 7.04. The largest absolute Gasteiger partial charge is 0.0654 e. The van der Waals surface area contributed by atoms with Gasteiger partial charge in [0.2, 0.25) is 0 Å². The molecule has 0 amide bonds. The molecule has 0 aliphatic heterocycles. The van der Waals surface area contributed by atoms with Crippen LogP contribution in [0.25, 0.3) is 0 Å². The minimum atomic E-state index is 0.284. The molecule has 0 fully saturated rings. The molecule has 2 rings (SSSR count). The van der Waals surface area contributed by atoms with Crippen LogP contribution in [0.15, 0.2) is 54.6 Å². The first kappa shape index (κ1) is 14.3. The normalized spacial score (nSPS) is 12.2. The van der Waals surface area contributed by atoms with E-state index in [0.29, 0.717) is 0 Å². The van der Waals surface area contributed by atoms with E-state index in [1.165, 1.54) is 29.0 Å². The monoisotopic (exact) mass is 270 g/mol. The van der Waals surface area contributed by atoms with Crippen LogP contribution in [-0.4, -0.2) is 0 Å². The summed E-state index contributed by atoms with van der Waals surface area (Å²) in [7, 11) is 0.754. The first-order chi connectivity index (χ1) is 9.12. The standard InChI is InChI=1S/C18H23P/c1-4-13-18(2,3)15-9-8-12-17(14-15)19-16-10-6-5-7-11-16/h5-12,14,19H,4,13H2,1-3H3. The fourth-order valence-corrected chi connectivity index (χ4v) is 3.58. The van der Waals surface area contributed by atoms with Crippen molar-refractivity contribution in [2.45, 2.75) is 39.0 Å². The molecule has 1 heteroatoms. The van der Waals surface area contributed by atoms with Gasteiger partial charge in [0.15, 0.2) is 0 Å². The summed E-state index contributed by atoms with van der Waals surface area (Å²) >= 11 is 0. The summed E-state index contributed by atoms with van der Waals surface area (Å²) < 4.78 is 0. The third kappa shape index (κ3) is 3.91. The van der Waals surface area contributed by atoms with Gasteiger partial charge in [-0.3, -0.25) is 0 Å². The van der Waals surface area contributed by atoms with Gasteiger partial charge in [-0.25, -0.2) is 0 Å². The summed E-state index contributed by atoms with van der Waals surface area (Å²) in [6.07, 6.45) is 2.48. The van der Waals surface area contributed by atoms with Gasteiger partial charge >= 0.3 is 0 Å². The summed E-state index contributed by atoms with van der Waals surface area (Å²) in [5.41, 5.74) is 1.75. The average molecular weight is 270 g/mol. The Morgan fingerprint density at radius 2 is 1.58 bits per heavy atom. The van der Waals surface area contributed by atoms with E-state index in [1.807, 2.05) is 0 Å². The van der Waals surface area contributed by atoms with Gasteiger partial charge in [-0.2, -0.15) is 0 Å². The molecule has 0 spiro atoms. The summed E-state index contributed by atoms with van der Waals surface area (Å²) in [4.78, 5) is 0. The minimum absolute atomic E-state index is 0.284. The molecule has 19 heavy (non-hydrogen) atoms. The lowest BCUT2D eigenvalue weighted by Gasteiger charge is -2.25. The van der Waals surface area contributed by atoms with E-state index in [4.69, 9.17) is 0 Å². The maximum atomic E-state index is 2.39. The van der Waals surface area contributed by atoms with Crippen molar-refractivity contribution in [3.63, 3.8) is 0 Å². The fraction of sp³-hybridized carbons (Fsp3) is 0.333. The van der Waals surface area contributed by atoms with Crippen LogP contribution in [0, 0.1) is 0 Å². The lowest BCUT2D eigenvalue weighted by atomic mass is 9.81. The van der Waals surface area contributed by atoms with Gasteiger partial charge in [0, 0.05) is 0 Å². The van der Waals surface area contributed by atoms with Crippen LogP contribution in [0.2, 0.25) is 0 Å². The molecule has 0 saturated heterocycles. The van der Waals surface area contributed by atoms with E-state index in [9.17, 15) is 0 Å². The van der Waals surface area contributed by atoms with Crippen LogP contribution < -0.4 is 10.6 Å². The van der Waals surface area contributed by atoms with Crippen LogP contribution in [0.1, 0.15) is 39.2 Å². The molecule has 2 aromatic carbocycles. The predicted octanol–water partition coefficient (Wildman–Crippen LogP) is 4.39. The second-order valence-electron chi connectivity index (χ2n) is 5.71. The lowest BCUT2D eigenvalue weighted by molar-refractivity contribution is 0.473. The summed E-state index contributed by atoms with van der Waals surface area (Å²) in [5, 5.41) is 2.85. The molecular weight excluding hydrogens is 247 g/mol. The van der Waals surface area contributed by atoms with Gasteiger partial charge in [-0.05, 0) is 28.0 Å². The smallest absolute Gasteiger partial charge is 0.0103 e. The second-order valence-corrected chi connectivity index (χ2v) is 7.11. The molecule has 100 valence electrons. The van der Waals surface area contributed by atoms with E-state index >= 15 is 0 Å². The van der Waals surface area contributed by atoms with Gasteiger partial charge in [0.1, 0.15) is 0 Å². The van der Waals surface area contributed by atoms with Gasteiger partial charge in [-0.15, -0.1) is 0 Å². The molecule has 0 aliphatic carbocycles. The molecule has 1 atom stereocenters. The minimum Gasteiger partial charge on any atom is -0.0654 e. The van der Waals surface area contributed by atoms with E-state index in [-0.39, 0.29) is 5.41 Å². The van der Waals surface area contributed by atoms with Gasteiger partial charge in [0.25, 0.3) is 0 Å². The van der Waals surface area contributed by atoms with E-state index < -0.39 is 0 Å². The van der Waals surface area contributed by atoms with Gasteiger partial charge in [0.05, 0.1) is 0 Å². The maximum Gasteiger partial charge on any atom is -0.0103 e. The van der Waals surface area contributed by atoms with Crippen molar-refractivity contribution in [2.24, 2.45) is 0 Å². The lowest BCUT2D eigenvalue weighted by Crippen LogP contribution is -2.18. The van der Waals surface area contributed by atoms with Crippen molar-refractivity contribution in [1.82, 2.24) is 0 Å². The molecule has 0 saturated carbocycles. The van der Waals surface area contributed by atoms with Crippen molar-refractivity contribution in [2.75, 3.05) is 0 Å². The third-order valence-electron chi connectivity index (χ3n) is 3.58. The predicted molar refractivity (Wildman–Crippen MR) is 88.4 cm³/mol. The zero-order valence-corrected chi connectivity index (χ0v) is 13.1. The van der Waals surface area contributed by atoms with Crippen molar-refractivity contribution in [3.05, 3.63) is 60.2 Å². The maximum absolute atomic E-state index is 2.39. The third-order valence-corrected chi connectivity index (χ3v) is 4.80. The molecule has 0 radical (unpaired) electrons. The summed E-state index contributed by atoms with van der Waals surface area (Å²) in [6.45, 7) is 6.96. The van der Waals surface area contributed by atoms with Crippen LogP contribution in [0.3, 0.4) is 0 Å². The quantitative estimate of drug-likeness (QED) is 0.707. The Morgan fingerprint density at radius 3 is 2.26 bits per heavy atom. The Kier molecular flexibility index (Phi) is 4.77. The van der Waals surface area contributed by atoms with Crippen LogP contribution >= 0.6 is 8.58 Å². The fourth-order valence-electron chi connectivity index (χ4n) is 2.48. The molecule has 1 unspecified atom stereocenters. The average Bonchev–Trinajstić information content (AvgIpc) is 2.40. The van der Waals surface area contributed by atoms with Crippen molar-refractivity contribution in [1.29, 1.82) is 0 Å². The Hall–Kier alpha value is -1.13. The molecule has 0 heterocycles. The zero-order chi connectivity index (χ0) is 13.7. The van der Waals surface area contributed by atoms with Crippen LogP contribution in [0.5, 0.6) is 0 Å². The highest BCUT2D eigenvalue weighted by Gasteiger charge is 2.19. The summed E-state index contributed by atoms with van der Waals surface area (Å²) in [5.74, 6) is 0. The summed E-state index contributed by atoms with van der Waals surface area (Å²) in [6, 6.07) is 19.9. The molecule has 0 N–H and O–H groups in total. The van der Waals surface area contributed by atoms with Gasteiger partial charge in [-0.1, -0.05) is 90.4 Å². The number of rotatable bonds is 5. The van der Waals surface area contributed by atoms with E-state index in [1.54, 1.807) is 0 Å². The van der Waals surface area contributed by atoms with Crippen molar-refractivity contribution in [3.8, 4) is 0 Å². The van der Waals surface area contributed by atoms with Gasteiger partial charge < -0.3 is 0 Å².